The van der Waals surface area contributed by atoms with E-state index in [1.165, 1.54) is 44.9 Å². The molecule has 0 aromatic carbocycles. The number of ketones is 1. The van der Waals surface area contributed by atoms with E-state index in [4.69, 9.17) is 4.74 Å². The van der Waals surface area contributed by atoms with Crippen LogP contribution in [0.2, 0.25) is 0 Å². The molecule has 3 atom stereocenters. The largest absolute Gasteiger partial charge is 0.466 e. The van der Waals surface area contributed by atoms with Gasteiger partial charge in [-0.15, -0.1) is 0 Å². The first-order valence-electron chi connectivity index (χ1n) is 9.76. The highest BCUT2D eigenvalue weighted by atomic mass is 16.5. The van der Waals surface area contributed by atoms with Crippen LogP contribution < -0.4 is 0 Å². The van der Waals surface area contributed by atoms with E-state index in [1.807, 2.05) is 13.8 Å². The molecule has 1 rings (SSSR count). The van der Waals surface area contributed by atoms with Crippen molar-refractivity contribution in [3.8, 4) is 0 Å². The van der Waals surface area contributed by atoms with Crippen LogP contribution in [0.1, 0.15) is 91.4 Å². The van der Waals surface area contributed by atoms with E-state index in [9.17, 15) is 9.59 Å². The summed E-state index contributed by atoms with van der Waals surface area (Å²) in [4.78, 5) is 24.0. The Morgan fingerprint density at radius 1 is 1.13 bits per heavy atom. The lowest BCUT2D eigenvalue weighted by Gasteiger charge is -2.30. The number of hydrogen-bond acceptors (Lipinski definition) is 3. The molecule has 0 radical (unpaired) electrons. The molecule has 1 saturated carbocycles. The van der Waals surface area contributed by atoms with Gasteiger partial charge in [0.05, 0.1) is 6.61 Å². The van der Waals surface area contributed by atoms with E-state index in [2.05, 4.69) is 6.92 Å². The van der Waals surface area contributed by atoms with Gasteiger partial charge in [0.15, 0.2) is 0 Å². The van der Waals surface area contributed by atoms with Crippen LogP contribution in [0.4, 0.5) is 0 Å². The van der Waals surface area contributed by atoms with E-state index in [0.717, 1.165) is 19.3 Å². The second kappa shape index (κ2) is 11.6. The third-order valence-electron chi connectivity index (χ3n) is 5.24. The molecule has 0 N–H and O–H groups in total. The second-order valence-corrected chi connectivity index (χ2v) is 7.26. The van der Waals surface area contributed by atoms with Crippen molar-refractivity contribution < 1.29 is 14.3 Å². The van der Waals surface area contributed by atoms with Gasteiger partial charge in [0.25, 0.3) is 0 Å². The number of carbonyl (C=O) groups excluding carboxylic acids is 2. The summed E-state index contributed by atoms with van der Waals surface area (Å²) < 4.78 is 5.00. The molecule has 1 aliphatic rings. The van der Waals surface area contributed by atoms with Crippen molar-refractivity contribution >= 4 is 11.8 Å². The smallest absolute Gasteiger partial charge is 0.306 e. The van der Waals surface area contributed by atoms with Crippen LogP contribution in [0.25, 0.3) is 0 Å². The number of carbonyl (C=O) groups is 2. The molecule has 0 saturated heterocycles. The molecule has 134 valence electrons. The van der Waals surface area contributed by atoms with Crippen molar-refractivity contribution in [1.29, 1.82) is 0 Å². The predicted octanol–water partition coefficient (Wildman–Crippen LogP) is 5.31. The normalized spacial score (nSPS) is 22.8. The summed E-state index contributed by atoms with van der Waals surface area (Å²) in [6, 6.07) is 0. The first kappa shape index (κ1) is 20.2. The highest BCUT2D eigenvalue weighted by Crippen LogP contribution is 2.34. The minimum absolute atomic E-state index is 0.0696. The van der Waals surface area contributed by atoms with E-state index in [-0.39, 0.29) is 17.8 Å². The summed E-state index contributed by atoms with van der Waals surface area (Å²) in [7, 11) is 0. The van der Waals surface area contributed by atoms with E-state index >= 15 is 0 Å². The van der Waals surface area contributed by atoms with Gasteiger partial charge in [-0.2, -0.15) is 0 Å². The Kier molecular flexibility index (Phi) is 10.2. The average molecular weight is 325 g/mol. The summed E-state index contributed by atoms with van der Waals surface area (Å²) in [5, 5.41) is 0. The van der Waals surface area contributed by atoms with Gasteiger partial charge >= 0.3 is 5.97 Å². The van der Waals surface area contributed by atoms with Crippen LogP contribution >= 0.6 is 0 Å². The molecule has 0 aliphatic heterocycles. The Morgan fingerprint density at radius 3 is 2.48 bits per heavy atom. The fourth-order valence-electron chi connectivity index (χ4n) is 3.80. The molecule has 0 amide bonds. The SMILES string of the molecule is CCCCCCCCC1CCC(C(C)CC(=O)OCC)C(=O)C1. The molecule has 0 aromatic rings. The predicted molar refractivity (Wildman–Crippen MR) is 94.2 cm³/mol. The molecule has 23 heavy (non-hydrogen) atoms. The van der Waals surface area contributed by atoms with Crippen molar-refractivity contribution in [3.05, 3.63) is 0 Å². The molecular weight excluding hydrogens is 288 g/mol. The molecule has 3 nitrogen and oxygen atoms in total. The Labute approximate surface area is 142 Å². The minimum atomic E-state index is -0.165. The summed E-state index contributed by atoms with van der Waals surface area (Å²) in [5.41, 5.74) is 0. The fraction of sp³-hybridized carbons (Fsp3) is 0.900. The Morgan fingerprint density at radius 2 is 1.83 bits per heavy atom. The first-order chi connectivity index (χ1) is 11.1. The summed E-state index contributed by atoms with van der Waals surface area (Å²) in [5.74, 6) is 0.988. The van der Waals surface area contributed by atoms with Crippen molar-refractivity contribution in [1.82, 2.24) is 0 Å². The van der Waals surface area contributed by atoms with E-state index in [0.29, 0.717) is 24.7 Å². The number of ether oxygens (including phenoxy) is 1. The highest BCUT2D eigenvalue weighted by Gasteiger charge is 2.32. The van der Waals surface area contributed by atoms with Gasteiger partial charge in [0, 0.05) is 18.8 Å². The maximum atomic E-state index is 12.4. The molecule has 1 aliphatic carbocycles. The maximum absolute atomic E-state index is 12.4. The third-order valence-corrected chi connectivity index (χ3v) is 5.24. The zero-order valence-corrected chi connectivity index (χ0v) is 15.4. The zero-order chi connectivity index (χ0) is 17.1. The van der Waals surface area contributed by atoms with Crippen molar-refractivity contribution in [2.24, 2.45) is 17.8 Å². The Hall–Kier alpha value is -0.860. The van der Waals surface area contributed by atoms with Crippen LogP contribution in [0.15, 0.2) is 0 Å². The topological polar surface area (TPSA) is 43.4 Å². The number of rotatable bonds is 11. The minimum Gasteiger partial charge on any atom is -0.466 e. The monoisotopic (exact) mass is 324 g/mol. The molecule has 1 fully saturated rings. The molecule has 0 bridgehead atoms. The van der Waals surface area contributed by atoms with Crippen molar-refractivity contribution in [2.75, 3.05) is 6.61 Å². The summed E-state index contributed by atoms with van der Waals surface area (Å²) in [6.45, 7) is 6.51. The lowest BCUT2D eigenvalue weighted by molar-refractivity contribution is -0.145. The van der Waals surface area contributed by atoms with Gasteiger partial charge in [-0.05, 0) is 31.6 Å². The van der Waals surface area contributed by atoms with Crippen LogP contribution in [-0.4, -0.2) is 18.4 Å². The van der Waals surface area contributed by atoms with E-state index in [1.54, 1.807) is 0 Å². The van der Waals surface area contributed by atoms with Crippen molar-refractivity contribution in [2.45, 2.75) is 91.4 Å². The van der Waals surface area contributed by atoms with Gasteiger partial charge < -0.3 is 4.74 Å². The third kappa shape index (κ3) is 7.99. The average Bonchev–Trinajstić information content (AvgIpc) is 2.51. The second-order valence-electron chi connectivity index (χ2n) is 7.26. The van der Waals surface area contributed by atoms with Gasteiger partial charge in [-0.25, -0.2) is 0 Å². The summed E-state index contributed by atoms with van der Waals surface area (Å²) >= 11 is 0. The lowest BCUT2D eigenvalue weighted by atomic mass is 9.73. The van der Waals surface area contributed by atoms with Crippen LogP contribution in [0.3, 0.4) is 0 Å². The van der Waals surface area contributed by atoms with Crippen LogP contribution in [0, 0.1) is 17.8 Å². The number of esters is 1. The van der Waals surface area contributed by atoms with Gasteiger partial charge in [0.1, 0.15) is 5.78 Å². The first-order valence-corrected chi connectivity index (χ1v) is 9.76. The van der Waals surface area contributed by atoms with E-state index < -0.39 is 0 Å². The fourth-order valence-corrected chi connectivity index (χ4v) is 3.80. The van der Waals surface area contributed by atoms with Crippen LogP contribution in [0.5, 0.6) is 0 Å². The molecule has 3 heteroatoms. The van der Waals surface area contributed by atoms with Gasteiger partial charge in [0.2, 0.25) is 0 Å². The number of Topliss-reactive ketones (excluding diaryl/α,β-unsaturated/α-hetero) is 1. The number of hydrogen-bond donors (Lipinski definition) is 0. The number of unbranched alkanes of at least 4 members (excludes halogenated alkanes) is 5. The van der Waals surface area contributed by atoms with Gasteiger partial charge in [-0.1, -0.05) is 58.8 Å². The van der Waals surface area contributed by atoms with Crippen molar-refractivity contribution in [3.63, 3.8) is 0 Å². The quantitative estimate of drug-likeness (QED) is 0.382. The highest BCUT2D eigenvalue weighted by molar-refractivity contribution is 5.83. The Bertz CT molecular complexity index is 351. The maximum Gasteiger partial charge on any atom is 0.306 e. The lowest BCUT2D eigenvalue weighted by Crippen LogP contribution is -2.31. The zero-order valence-electron chi connectivity index (χ0n) is 15.4. The Balaban J connectivity index is 2.22. The van der Waals surface area contributed by atoms with Gasteiger partial charge in [-0.3, -0.25) is 9.59 Å². The van der Waals surface area contributed by atoms with Crippen LogP contribution in [-0.2, 0) is 14.3 Å². The molecule has 0 aromatic heterocycles. The molecule has 3 unspecified atom stereocenters. The molecule has 0 spiro atoms. The summed E-state index contributed by atoms with van der Waals surface area (Å²) in [6.07, 6.45) is 12.3. The molecular formula is C20H36O3. The standard InChI is InChI=1S/C20H36O3/c1-4-6-7-8-9-10-11-17-12-13-18(19(21)15-17)16(3)14-20(22)23-5-2/h16-18H,4-15H2,1-3H3. The molecule has 0 heterocycles.